The minimum absolute atomic E-state index is 0.682. The van der Waals surface area contributed by atoms with E-state index in [1.54, 1.807) is 0 Å². The van der Waals surface area contributed by atoms with E-state index in [4.69, 9.17) is 5.26 Å². The number of nitrogens with zero attached hydrogens (tertiary/aromatic N) is 2. The molecule has 3 rings (SSSR count). The van der Waals surface area contributed by atoms with Gasteiger partial charge < -0.3 is 10.6 Å². The van der Waals surface area contributed by atoms with Gasteiger partial charge in [-0.05, 0) is 43.7 Å². The van der Waals surface area contributed by atoms with Crippen molar-refractivity contribution in [3.63, 3.8) is 0 Å². The number of aryl methyl sites for hydroxylation is 2. The predicted octanol–water partition coefficient (Wildman–Crippen LogP) is 1.61. The molecule has 4 heteroatoms. The first-order valence-corrected chi connectivity index (χ1v) is 6.77. The fourth-order valence-electron chi connectivity index (χ4n) is 2.44. The first-order chi connectivity index (χ1) is 8.86. The maximum atomic E-state index is 9.16. The van der Waals surface area contributed by atoms with Gasteiger partial charge in [-0.2, -0.15) is 5.26 Å². The second-order valence-corrected chi connectivity index (χ2v) is 5.11. The normalized spacial score (nSPS) is 17.3. The summed E-state index contributed by atoms with van der Waals surface area (Å²) in [6.45, 7) is 1.77. The Morgan fingerprint density at radius 3 is 3.00 bits per heavy atom. The number of hydrogen-bond acceptors (Lipinski definition) is 4. The van der Waals surface area contributed by atoms with E-state index < -0.39 is 0 Å². The second-order valence-electron chi connectivity index (χ2n) is 5.11. The summed E-state index contributed by atoms with van der Waals surface area (Å²) in [5.74, 6) is 0.760. The molecule has 18 heavy (non-hydrogen) atoms. The van der Waals surface area contributed by atoms with Crippen molar-refractivity contribution in [1.82, 2.24) is 10.3 Å². The number of hydrogen-bond donors (Lipinski definition) is 2. The molecule has 0 amide bonds. The van der Waals surface area contributed by atoms with E-state index in [0.29, 0.717) is 5.56 Å². The molecular formula is C14H18N4. The highest BCUT2D eigenvalue weighted by Crippen LogP contribution is 2.24. The van der Waals surface area contributed by atoms with Crippen molar-refractivity contribution >= 4 is 5.82 Å². The van der Waals surface area contributed by atoms with Crippen LogP contribution in [0, 0.1) is 11.3 Å². The van der Waals surface area contributed by atoms with Gasteiger partial charge in [-0.25, -0.2) is 4.98 Å². The Labute approximate surface area is 107 Å². The van der Waals surface area contributed by atoms with Crippen LogP contribution >= 0.6 is 0 Å². The predicted molar refractivity (Wildman–Crippen MR) is 70.5 cm³/mol. The number of anilines is 1. The summed E-state index contributed by atoms with van der Waals surface area (Å²) >= 11 is 0. The largest absolute Gasteiger partial charge is 0.368 e. The quantitative estimate of drug-likeness (QED) is 0.770. The monoisotopic (exact) mass is 242 g/mol. The third-order valence-electron chi connectivity index (χ3n) is 3.60. The SMILES string of the molecule is N#Cc1cc2c(nc1NCCNC1CC1)CCC2. The van der Waals surface area contributed by atoms with Crippen molar-refractivity contribution in [2.24, 2.45) is 0 Å². The Morgan fingerprint density at radius 1 is 1.33 bits per heavy atom. The highest BCUT2D eigenvalue weighted by atomic mass is 15.0. The molecule has 0 aromatic carbocycles. The van der Waals surface area contributed by atoms with Crippen LogP contribution in [0.3, 0.4) is 0 Å². The molecule has 0 bridgehead atoms. The van der Waals surface area contributed by atoms with Crippen LogP contribution in [0.5, 0.6) is 0 Å². The van der Waals surface area contributed by atoms with Gasteiger partial charge >= 0.3 is 0 Å². The van der Waals surface area contributed by atoms with Crippen LogP contribution in [0.4, 0.5) is 5.82 Å². The summed E-state index contributed by atoms with van der Waals surface area (Å²) in [7, 11) is 0. The van der Waals surface area contributed by atoms with Crippen molar-refractivity contribution < 1.29 is 0 Å². The molecule has 2 N–H and O–H groups in total. The third-order valence-corrected chi connectivity index (χ3v) is 3.60. The molecule has 1 heterocycles. The summed E-state index contributed by atoms with van der Waals surface area (Å²) in [6.07, 6.45) is 5.90. The van der Waals surface area contributed by atoms with Crippen LogP contribution in [-0.4, -0.2) is 24.1 Å². The average molecular weight is 242 g/mol. The fourth-order valence-corrected chi connectivity index (χ4v) is 2.44. The molecule has 0 saturated heterocycles. The lowest BCUT2D eigenvalue weighted by molar-refractivity contribution is 0.700. The molecule has 0 unspecified atom stereocenters. The minimum atomic E-state index is 0.682. The Kier molecular flexibility index (Phi) is 3.16. The van der Waals surface area contributed by atoms with Crippen molar-refractivity contribution in [2.75, 3.05) is 18.4 Å². The topological polar surface area (TPSA) is 60.7 Å². The van der Waals surface area contributed by atoms with E-state index in [1.165, 1.54) is 30.5 Å². The van der Waals surface area contributed by atoms with Crippen LogP contribution in [0.2, 0.25) is 0 Å². The Balaban J connectivity index is 1.64. The van der Waals surface area contributed by atoms with Gasteiger partial charge in [0.1, 0.15) is 11.9 Å². The molecule has 0 aliphatic heterocycles. The molecule has 0 radical (unpaired) electrons. The van der Waals surface area contributed by atoms with E-state index >= 15 is 0 Å². The molecule has 1 saturated carbocycles. The van der Waals surface area contributed by atoms with E-state index in [1.807, 2.05) is 6.07 Å². The van der Waals surface area contributed by atoms with E-state index in [2.05, 4.69) is 21.7 Å². The highest BCUT2D eigenvalue weighted by molar-refractivity contribution is 5.55. The average Bonchev–Trinajstić information content (AvgIpc) is 3.10. The zero-order valence-electron chi connectivity index (χ0n) is 10.5. The molecule has 0 spiro atoms. The Bertz CT molecular complexity index is 485. The van der Waals surface area contributed by atoms with Crippen LogP contribution < -0.4 is 10.6 Å². The van der Waals surface area contributed by atoms with Gasteiger partial charge in [-0.1, -0.05) is 0 Å². The van der Waals surface area contributed by atoms with Gasteiger partial charge in [0.15, 0.2) is 0 Å². The summed E-state index contributed by atoms with van der Waals surface area (Å²) in [5.41, 5.74) is 3.11. The minimum Gasteiger partial charge on any atom is -0.368 e. The van der Waals surface area contributed by atoms with E-state index in [-0.39, 0.29) is 0 Å². The van der Waals surface area contributed by atoms with Gasteiger partial charge in [0.25, 0.3) is 0 Å². The summed E-state index contributed by atoms with van der Waals surface area (Å²) in [6, 6.07) is 4.98. The second kappa shape index (κ2) is 4.95. The van der Waals surface area contributed by atoms with Crippen LogP contribution in [0.15, 0.2) is 6.07 Å². The Morgan fingerprint density at radius 2 is 2.22 bits per heavy atom. The molecular weight excluding hydrogens is 224 g/mol. The third kappa shape index (κ3) is 2.46. The zero-order valence-corrected chi connectivity index (χ0v) is 10.5. The van der Waals surface area contributed by atoms with Gasteiger partial charge in [-0.3, -0.25) is 0 Å². The van der Waals surface area contributed by atoms with Crippen LogP contribution in [0.25, 0.3) is 0 Å². The van der Waals surface area contributed by atoms with Crippen molar-refractivity contribution in [1.29, 1.82) is 5.26 Å². The molecule has 2 aliphatic carbocycles. The molecule has 1 fully saturated rings. The van der Waals surface area contributed by atoms with Gasteiger partial charge in [0, 0.05) is 24.8 Å². The number of nitriles is 1. The summed E-state index contributed by atoms with van der Waals surface area (Å²) < 4.78 is 0. The smallest absolute Gasteiger partial charge is 0.144 e. The summed E-state index contributed by atoms with van der Waals surface area (Å²) in [5, 5.41) is 15.9. The zero-order chi connectivity index (χ0) is 12.4. The molecule has 1 aromatic heterocycles. The van der Waals surface area contributed by atoms with E-state index in [0.717, 1.165) is 37.8 Å². The maximum absolute atomic E-state index is 9.16. The lowest BCUT2D eigenvalue weighted by atomic mass is 10.1. The molecule has 1 aromatic rings. The lowest BCUT2D eigenvalue weighted by Gasteiger charge is -2.10. The first-order valence-electron chi connectivity index (χ1n) is 6.77. The number of aromatic nitrogens is 1. The van der Waals surface area contributed by atoms with E-state index in [9.17, 15) is 0 Å². The standard InChI is InChI=1S/C14H18N4/c15-9-11-8-10-2-1-3-13(10)18-14(11)17-7-6-16-12-4-5-12/h8,12,16H,1-7H2,(H,17,18). The molecule has 94 valence electrons. The summed E-state index contributed by atoms with van der Waals surface area (Å²) in [4.78, 5) is 4.59. The van der Waals surface area contributed by atoms with Gasteiger partial charge in [-0.15, -0.1) is 0 Å². The van der Waals surface area contributed by atoms with Crippen molar-refractivity contribution in [2.45, 2.75) is 38.1 Å². The van der Waals surface area contributed by atoms with Gasteiger partial charge in [0.05, 0.1) is 5.56 Å². The molecule has 2 aliphatic rings. The highest BCUT2D eigenvalue weighted by Gasteiger charge is 2.20. The van der Waals surface area contributed by atoms with Crippen LogP contribution in [0.1, 0.15) is 36.1 Å². The van der Waals surface area contributed by atoms with Crippen LogP contribution in [-0.2, 0) is 12.8 Å². The Hall–Kier alpha value is -1.60. The molecule has 4 nitrogen and oxygen atoms in total. The first kappa shape index (κ1) is 11.5. The number of pyridine rings is 1. The van der Waals surface area contributed by atoms with Crippen molar-refractivity contribution in [3.05, 3.63) is 22.9 Å². The molecule has 0 atom stereocenters. The number of nitrogens with one attached hydrogen (secondary N) is 2. The lowest BCUT2D eigenvalue weighted by Crippen LogP contribution is -2.24. The fraction of sp³-hybridized carbons (Fsp3) is 0.571. The van der Waals surface area contributed by atoms with Gasteiger partial charge in [0.2, 0.25) is 0 Å². The van der Waals surface area contributed by atoms with Crippen molar-refractivity contribution in [3.8, 4) is 6.07 Å². The maximum Gasteiger partial charge on any atom is 0.144 e. The number of fused-ring (bicyclic) bond motifs is 1. The number of rotatable bonds is 5.